The van der Waals surface area contributed by atoms with Crippen LogP contribution in [0.5, 0.6) is 0 Å². The molecule has 1 aliphatic rings. The van der Waals surface area contributed by atoms with Crippen molar-refractivity contribution in [2.24, 2.45) is 0 Å². The highest BCUT2D eigenvalue weighted by Gasteiger charge is 2.40. The zero-order valence-corrected chi connectivity index (χ0v) is 15.1. The summed E-state index contributed by atoms with van der Waals surface area (Å²) in [5, 5.41) is 0. The molecule has 0 bridgehead atoms. The first kappa shape index (κ1) is 17.7. The van der Waals surface area contributed by atoms with E-state index in [1.807, 2.05) is 73.5 Å². The molecule has 2 aromatic rings. The lowest BCUT2D eigenvalue weighted by atomic mass is 10.0. The Balaban J connectivity index is 2.04. The number of likely N-dealkylation sites (N-methyl/N-ethyl adjacent to an activating group) is 1. The van der Waals surface area contributed by atoms with Crippen molar-refractivity contribution in [1.29, 1.82) is 0 Å². The van der Waals surface area contributed by atoms with Gasteiger partial charge in [-0.1, -0.05) is 66.2 Å². The molecule has 0 aliphatic carbocycles. The van der Waals surface area contributed by atoms with E-state index < -0.39 is 0 Å². The van der Waals surface area contributed by atoms with Crippen molar-refractivity contribution < 1.29 is 9.59 Å². The summed E-state index contributed by atoms with van der Waals surface area (Å²) in [6.45, 7) is 6.41. The van der Waals surface area contributed by atoms with Crippen LogP contribution in [-0.2, 0) is 16.1 Å². The van der Waals surface area contributed by atoms with E-state index in [1.165, 1.54) is 4.90 Å². The normalized spacial score (nSPS) is 14.2. The number of benzene rings is 2. The highest BCUT2D eigenvalue weighted by molar-refractivity contribution is 6.35. The van der Waals surface area contributed by atoms with Crippen LogP contribution in [0.3, 0.4) is 0 Å². The number of nitrogens with zero attached hydrogens (tertiary/aromatic N) is 2. The molecule has 0 aromatic heterocycles. The number of hydrogen-bond donors (Lipinski definition) is 0. The van der Waals surface area contributed by atoms with Gasteiger partial charge in [0.15, 0.2) is 0 Å². The lowest BCUT2D eigenvalue weighted by Crippen LogP contribution is -2.34. The summed E-state index contributed by atoms with van der Waals surface area (Å²) in [6.07, 6.45) is 1.57. The van der Waals surface area contributed by atoms with E-state index in [1.54, 1.807) is 6.08 Å². The van der Waals surface area contributed by atoms with Crippen molar-refractivity contribution in [3.63, 3.8) is 0 Å². The van der Waals surface area contributed by atoms with Gasteiger partial charge in [0, 0.05) is 20.1 Å². The van der Waals surface area contributed by atoms with E-state index >= 15 is 0 Å². The number of aryl methyl sites for hydroxylation is 1. The summed E-state index contributed by atoms with van der Waals surface area (Å²) >= 11 is 0. The van der Waals surface area contributed by atoms with Crippen LogP contribution in [0.1, 0.15) is 16.7 Å². The molecule has 0 unspecified atom stereocenters. The fourth-order valence-electron chi connectivity index (χ4n) is 3.13. The van der Waals surface area contributed by atoms with Crippen LogP contribution >= 0.6 is 0 Å². The topological polar surface area (TPSA) is 40.6 Å². The highest BCUT2D eigenvalue weighted by atomic mass is 16.2. The summed E-state index contributed by atoms with van der Waals surface area (Å²) in [5.74, 6) is -0.544. The van der Waals surface area contributed by atoms with Crippen LogP contribution in [0.15, 0.2) is 72.9 Å². The molecule has 0 saturated carbocycles. The van der Waals surface area contributed by atoms with Crippen LogP contribution in [-0.4, -0.2) is 35.2 Å². The molecule has 0 atom stereocenters. The molecule has 132 valence electrons. The Morgan fingerprint density at radius 1 is 1.00 bits per heavy atom. The lowest BCUT2D eigenvalue weighted by Gasteiger charge is -2.21. The molecule has 3 rings (SSSR count). The minimum absolute atomic E-state index is 0.204. The second kappa shape index (κ2) is 7.40. The zero-order chi connectivity index (χ0) is 18.7. The predicted molar refractivity (Wildman–Crippen MR) is 103 cm³/mol. The Kier molecular flexibility index (Phi) is 5.03. The fourth-order valence-corrected chi connectivity index (χ4v) is 3.13. The molecule has 0 fully saturated rings. The van der Waals surface area contributed by atoms with Gasteiger partial charge in [-0.25, -0.2) is 0 Å². The van der Waals surface area contributed by atoms with Gasteiger partial charge in [0.1, 0.15) is 5.70 Å². The molecular formula is C22H22N2O2. The Labute approximate surface area is 154 Å². The second-order valence-corrected chi connectivity index (χ2v) is 6.44. The molecule has 0 radical (unpaired) electrons. The van der Waals surface area contributed by atoms with E-state index in [9.17, 15) is 9.59 Å². The third kappa shape index (κ3) is 3.31. The maximum atomic E-state index is 12.9. The van der Waals surface area contributed by atoms with Crippen molar-refractivity contribution in [2.75, 3.05) is 13.6 Å². The van der Waals surface area contributed by atoms with E-state index in [-0.39, 0.29) is 18.4 Å². The molecule has 26 heavy (non-hydrogen) atoms. The Bertz CT molecular complexity index is 867. The van der Waals surface area contributed by atoms with Gasteiger partial charge in [-0.3, -0.25) is 14.5 Å². The molecule has 0 saturated heterocycles. The number of rotatable bonds is 6. The van der Waals surface area contributed by atoms with Gasteiger partial charge in [0.2, 0.25) is 0 Å². The first-order valence-electron chi connectivity index (χ1n) is 8.56. The minimum atomic E-state index is -0.274. The fraction of sp³-hybridized carbons (Fsp3) is 0.182. The highest BCUT2D eigenvalue weighted by Crippen LogP contribution is 2.31. The quantitative estimate of drug-likeness (QED) is 0.595. The lowest BCUT2D eigenvalue weighted by molar-refractivity contribution is -0.136. The smallest absolute Gasteiger partial charge is 0.278 e. The number of amides is 2. The van der Waals surface area contributed by atoms with E-state index in [2.05, 4.69) is 6.58 Å². The standard InChI is InChI=1S/C22H22N2O2/c1-4-14-24-21(25)19(18-12-10-16(2)11-13-18)20(22(24)26)23(3)15-17-8-6-5-7-9-17/h4-13H,1,14-15H2,2-3H3. The van der Waals surface area contributed by atoms with Gasteiger partial charge in [-0.2, -0.15) is 0 Å². The van der Waals surface area contributed by atoms with Crippen molar-refractivity contribution in [3.8, 4) is 0 Å². The maximum Gasteiger partial charge on any atom is 0.278 e. The number of hydrogen-bond acceptors (Lipinski definition) is 3. The predicted octanol–water partition coefficient (Wildman–Crippen LogP) is 3.39. The second-order valence-electron chi connectivity index (χ2n) is 6.44. The van der Waals surface area contributed by atoms with Crippen molar-refractivity contribution in [2.45, 2.75) is 13.5 Å². The zero-order valence-electron chi connectivity index (χ0n) is 15.1. The number of imide groups is 1. The molecule has 0 spiro atoms. The number of carbonyl (C=O) groups excluding carboxylic acids is 2. The summed E-state index contributed by atoms with van der Waals surface area (Å²) in [7, 11) is 1.85. The number of carbonyl (C=O) groups is 2. The SMILES string of the molecule is C=CCN1C(=O)C(c2ccc(C)cc2)=C(N(C)Cc2ccccc2)C1=O. The monoisotopic (exact) mass is 346 g/mol. The summed E-state index contributed by atoms with van der Waals surface area (Å²) in [5.41, 5.74) is 3.83. The molecule has 2 amide bonds. The van der Waals surface area contributed by atoms with Gasteiger partial charge in [-0.15, -0.1) is 6.58 Å². The van der Waals surface area contributed by atoms with Gasteiger partial charge in [0.25, 0.3) is 11.8 Å². The molecule has 2 aromatic carbocycles. The van der Waals surface area contributed by atoms with E-state index in [0.717, 1.165) is 16.7 Å². The molecule has 1 aliphatic heterocycles. The Morgan fingerprint density at radius 3 is 2.27 bits per heavy atom. The van der Waals surface area contributed by atoms with Crippen LogP contribution in [0.4, 0.5) is 0 Å². The van der Waals surface area contributed by atoms with Crippen LogP contribution in [0, 0.1) is 6.92 Å². The third-order valence-electron chi connectivity index (χ3n) is 4.44. The van der Waals surface area contributed by atoms with Crippen LogP contribution in [0.25, 0.3) is 5.57 Å². The Hall–Kier alpha value is -3.14. The third-order valence-corrected chi connectivity index (χ3v) is 4.44. The summed E-state index contributed by atoms with van der Waals surface area (Å²) in [6, 6.07) is 17.6. The van der Waals surface area contributed by atoms with E-state index in [0.29, 0.717) is 17.8 Å². The summed E-state index contributed by atoms with van der Waals surface area (Å²) < 4.78 is 0. The van der Waals surface area contributed by atoms with Gasteiger partial charge < -0.3 is 4.90 Å². The van der Waals surface area contributed by atoms with Crippen LogP contribution in [0.2, 0.25) is 0 Å². The average Bonchev–Trinajstić information content (AvgIpc) is 2.88. The first-order chi connectivity index (χ1) is 12.5. The molecule has 1 heterocycles. The molecule has 4 heteroatoms. The van der Waals surface area contributed by atoms with Gasteiger partial charge in [0.05, 0.1) is 5.57 Å². The summed E-state index contributed by atoms with van der Waals surface area (Å²) in [4.78, 5) is 29.0. The van der Waals surface area contributed by atoms with Gasteiger partial charge >= 0.3 is 0 Å². The van der Waals surface area contributed by atoms with Crippen molar-refractivity contribution >= 4 is 17.4 Å². The largest absolute Gasteiger partial charge is 0.365 e. The van der Waals surface area contributed by atoms with Crippen LogP contribution < -0.4 is 0 Å². The van der Waals surface area contributed by atoms with Gasteiger partial charge in [-0.05, 0) is 18.1 Å². The Morgan fingerprint density at radius 2 is 1.65 bits per heavy atom. The van der Waals surface area contributed by atoms with Crippen molar-refractivity contribution in [3.05, 3.63) is 89.6 Å². The van der Waals surface area contributed by atoms with E-state index in [4.69, 9.17) is 0 Å². The average molecular weight is 346 g/mol. The molecule has 0 N–H and O–H groups in total. The van der Waals surface area contributed by atoms with Crippen molar-refractivity contribution in [1.82, 2.24) is 9.80 Å². The molecular weight excluding hydrogens is 324 g/mol. The molecule has 4 nitrogen and oxygen atoms in total. The maximum absolute atomic E-state index is 12.9. The first-order valence-corrected chi connectivity index (χ1v) is 8.56. The minimum Gasteiger partial charge on any atom is -0.365 e.